The van der Waals surface area contributed by atoms with Crippen molar-refractivity contribution in [3.63, 3.8) is 0 Å². The van der Waals surface area contributed by atoms with E-state index in [9.17, 15) is 9.90 Å². The van der Waals surface area contributed by atoms with Crippen molar-refractivity contribution in [3.8, 4) is 11.1 Å². The SMILES string of the molecule is CC.CC.CC/C=C\c1c(-c2ccc3c(c2NC(=O)NSc2cc(C(C)(C)O)cs2)CCC3)ccnc1C.CC1CC1. The number of nitrogens with one attached hydrogen (secondary N) is 2. The Labute approximate surface area is 262 Å². The van der Waals surface area contributed by atoms with Gasteiger partial charge in [-0.2, -0.15) is 0 Å². The summed E-state index contributed by atoms with van der Waals surface area (Å²) in [5.41, 5.74) is 7.48. The van der Waals surface area contributed by atoms with Gasteiger partial charge in [0.2, 0.25) is 0 Å². The Kier molecular flexibility index (Phi) is 14.8. The summed E-state index contributed by atoms with van der Waals surface area (Å²) in [7, 11) is 0. The number of hydrogen-bond donors (Lipinski definition) is 3. The van der Waals surface area contributed by atoms with Gasteiger partial charge in [0.15, 0.2) is 0 Å². The standard InChI is InChI=1S/C27H31N3O2S2.C4H8.2C2H6/c1-5-6-9-20-17(2)28-14-13-22(20)23-12-11-18-8-7-10-21(18)25(23)29-26(31)30-34-24-15-19(16-33-24)27(3,4)32;1-4-2-3-4;2*1-2/h6,9,11-16,32H,5,7-8,10H2,1-4H3,(H2,29,30,31);4H,2-3H2,1H3;2*1-2H3/b9-6-;;;. The number of thiophene rings is 1. The third kappa shape index (κ3) is 10.3. The topological polar surface area (TPSA) is 74.2 Å². The minimum absolute atomic E-state index is 0.263. The van der Waals surface area contributed by atoms with Crippen LogP contribution in [0.5, 0.6) is 0 Å². The van der Waals surface area contributed by atoms with Crippen molar-refractivity contribution in [3.05, 3.63) is 69.9 Å². The zero-order chi connectivity index (χ0) is 31.3. The Morgan fingerprint density at radius 3 is 2.43 bits per heavy atom. The Morgan fingerprint density at radius 2 is 1.83 bits per heavy atom. The summed E-state index contributed by atoms with van der Waals surface area (Å²) in [6.07, 6.45) is 13.1. The molecule has 0 unspecified atom stereocenters. The van der Waals surface area contributed by atoms with E-state index in [1.165, 1.54) is 47.3 Å². The number of carbonyl (C=O) groups excluding carboxylic acids is 1. The fourth-order valence-electron chi connectivity index (χ4n) is 4.39. The number of rotatable bonds is 7. The predicted molar refractivity (Wildman–Crippen MR) is 184 cm³/mol. The summed E-state index contributed by atoms with van der Waals surface area (Å²) >= 11 is 2.76. The molecule has 1 saturated carbocycles. The molecule has 230 valence electrons. The van der Waals surface area contributed by atoms with Crippen molar-refractivity contribution in [2.75, 3.05) is 5.32 Å². The highest BCUT2D eigenvalue weighted by Crippen LogP contribution is 2.40. The highest BCUT2D eigenvalue weighted by Gasteiger charge is 2.22. The first-order valence-electron chi connectivity index (χ1n) is 15.5. The van der Waals surface area contributed by atoms with Crippen molar-refractivity contribution in [2.24, 2.45) is 5.92 Å². The van der Waals surface area contributed by atoms with Crippen LogP contribution in [-0.2, 0) is 18.4 Å². The average molecular weight is 610 g/mol. The smallest absolute Gasteiger partial charge is 0.329 e. The molecule has 0 saturated heterocycles. The molecule has 2 aliphatic carbocycles. The lowest BCUT2D eigenvalue weighted by atomic mass is 9.93. The molecule has 2 aliphatic rings. The van der Waals surface area contributed by atoms with Gasteiger partial charge in [-0.25, -0.2) is 4.79 Å². The predicted octanol–water partition coefficient (Wildman–Crippen LogP) is 10.6. The van der Waals surface area contributed by atoms with Gasteiger partial charge in [0.05, 0.1) is 15.5 Å². The zero-order valence-corrected chi connectivity index (χ0v) is 28.7. The monoisotopic (exact) mass is 609 g/mol. The fraction of sp³-hybridized carbons (Fsp3) is 0.486. The van der Waals surface area contributed by atoms with E-state index in [1.807, 2.05) is 58.3 Å². The van der Waals surface area contributed by atoms with E-state index < -0.39 is 5.60 Å². The molecule has 3 aromatic rings. The maximum atomic E-state index is 13.0. The van der Waals surface area contributed by atoms with Crippen LogP contribution >= 0.6 is 23.3 Å². The maximum absolute atomic E-state index is 13.0. The number of urea groups is 1. The summed E-state index contributed by atoms with van der Waals surface area (Å²) in [5, 5.41) is 15.3. The van der Waals surface area contributed by atoms with Crippen LogP contribution in [0.4, 0.5) is 10.5 Å². The molecule has 5 nitrogen and oxygen atoms in total. The van der Waals surface area contributed by atoms with Crippen LogP contribution < -0.4 is 10.0 Å². The van der Waals surface area contributed by atoms with Gasteiger partial charge in [-0.15, -0.1) is 11.3 Å². The second kappa shape index (κ2) is 17.5. The van der Waals surface area contributed by atoms with Crippen LogP contribution in [0.3, 0.4) is 0 Å². The van der Waals surface area contributed by atoms with E-state index in [0.717, 1.165) is 69.4 Å². The minimum Gasteiger partial charge on any atom is -0.386 e. The lowest BCUT2D eigenvalue weighted by Crippen LogP contribution is -2.23. The number of allylic oxidation sites excluding steroid dienone is 1. The van der Waals surface area contributed by atoms with Gasteiger partial charge in [-0.3, -0.25) is 9.71 Å². The number of amides is 2. The average Bonchev–Trinajstić information content (AvgIpc) is 3.41. The molecule has 7 heteroatoms. The molecule has 1 fully saturated rings. The first-order chi connectivity index (χ1) is 20.2. The van der Waals surface area contributed by atoms with Gasteiger partial charge in [-0.1, -0.05) is 78.7 Å². The van der Waals surface area contributed by atoms with E-state index in [0.29, 0.717) is 0 Å². The van der Waals surface area contributed by atoms with Crippen LogP contribution in [0.2, 0.25) is 0 Å². The lowest BCUT2D eigenvalue weighted by Gasteiger charge is -2.18. The first-order valence-corrected chi connectivity index (χ1v) is 17.2. The van der Waals surface area contributed by atoms with Crippen molar-refractivity contribution in [2.45, 2.75) is 111 Å². The van der Waals surface area contributed by atoms with Crippen LogP contribution in [0.25, 0.3) is 17.2 Å². The van der Waals surface area contributed by atoms with Crippen LogP contribution in [0.1, 0.15) is 109 Å². The summed E-state index contributed by atoms with van der Waals surface area (Å²) in [4.78, 5) is 17.5. The van der Waals surface area contributed by atoms with Crippen molar-refractivity contribution < 1.29 is 9.90 Å². The third-order valence-electron chi connectivity index (χ3n) is 6.91. The van der Waals surface area contributed by atoms with Crippen molar-refractivity contribution in [1.29, 1.82) is 0 Å². The van der Waals surface area contributed by atoms with Gasteiger partial charge >= 0.3 is 6.03 Å². The molecule has 2 heterocycles. The van der Waals surface area contributed by atoms with E-state index in [4.69, 9.17) is 0 Å². The number of benzene rings is 1. The molecule has 42 heavy (non-hydrogen) atoms. The first kappa shape index (κ1) is 35.6. The van der Waals surface area contributed by atoms with E-state index in [1.54, 1.807) is 13.8 Å². The number of aryl methyl sites for hydroxylation is 2. The van der Waals surface area contributed by atoms with E-state index in [2.05, 4.69) is 53.2 Å². The van der Waals surface area contributed by atoms with Gasteiger partial charge in [0.1, 0.15) is 0 Å². The number of fused-ring (bicyclic) bond motifs is 1. The summed E-state index contributed by atoms with van der Waals surface area (Å²) in [5.74, 6) is 1.08. The quantitative estimate of drug-likeness (QED) is 0.233. The molecule has 2 amide bonds. The molecule has 3 N–H and O–H groups in total. The number of hydrogen-bond acceptors (Lipinski definition) is 5. The number of aromatic nitrogens is 1. The molecule has 0 radical (unpaired) electrons. The highest BCUT2D eigenvalue weighted by molar-refractivity contribution is 7.99. The molecule has 0 spiro atoms. The number of carbonyl (C=O) groups is 1. The number of aliphatic hydroxyl groups is 1. The highest BCUT2D eigenvalue weighted by atomic mass is 32.2. The molecule has 0 bridgehead atoms. The molecule has 1 aromatic carbocycles. The van der Waals surface area contributed by atoms with Crippen LogP contribution in [-0.4, -0.2) is 16.1 Å². The molecule has 2 aromatic heterocycles. The Bertz CT molecular complexity index is 1300. The molecule has 0 atom stereocenters. The molecule has 5 rings (SSSR count). The summed E-state index contributed by atoms with van der Waals surface area (Å²) in [6.45, 7) is 17.9. The van der Waals surface area contributed by atoms with E-state index >= 15 is 0 Å². The second-order valence-electron chi connectivity index (χ2n) is 10.7. The third-order valence-corrected chi connectivity index (χ3v) is 8.78. The van der Waals surface area contributed by atoms with Gasteiger partial charge in [0.25, 0.3) is 0 Å². The Hall–Kier alpha value is -2.61. The lowest BCUT2D eigenvalue weighted by molar-refractivity contribution is 0.0789. The normalized spacial score (nSPS) is 13.6. The fourth-order valence-corrected chi connectivity index (χ4v) is 6.07. The number of pyridine rings is 1. The number of nitrogens with zero attached hydrogens (tertiary/aromatic N) is 1. The minimum atomic E-state index is -0.899. The van der Waals surface area contributed by atoms with Gasteiger partial charge in [0, 0.05) is 23.0 Å². The largest absolute Gasteiger partial charge is 0.386 e. The Morgan fingerprint density at radius 1 is 1.14 bits per heavy atom. The summed E-state index contributed by atoms with van der Waals surface area (Å²) < 4.78 is 3.83. The Balaban J connectivity index is 0.000000685. The molecule has 0 aliphatic heterocycles. The summed E-state index contributed by atoms with van der Waals surface area (Å²) in [6, 6.07) is 8.00. The van der Waals surface area contributed by atoms with E-state index in [-0.39, 0.29) is 6.03 Å². The maximum Gasteiger partial charge on any atom is 0.329 e. The number of anilines is 1. The van der Waals surface area contributed by atoms with Crippen molar-refractivity contribution in [1.82, 2.24) is 9.71 Å². The second-order valence-corrected chi connectivity index (χ2v) is 12.7. The zero-order valence-electron chi connectivity index (χ0n) is 27.1. The van der Waals surface area contributed by atoms with Gasteiger partial charge in [-0.05, 0) is 104 Å². The van der Waals surface area contributed by atoms with Crippen LogP contribution in [0, 0.1) is 12.8 Å². The van der Waals surface area contributed by atoms with Crippen LogP contribution in [0.15, 0.2) is 46.1 Å². The molecular formula is C35H51N3O2S2. The van der Waals surface area contributed by atoms with Crippen molar-refractivity contribution >= 4 is 41.1 Å². The molecular weight excluding hydrogens is 559 g/mol. The van der Waals surface area contributed by atoms with Gasteiger partial charge < -0.3 is 10.4 Å².